The Morgan fingerprint density at radius 2 is 1.97 bits per heavy atom. The van der Waals surface area contributed by atoms with E-state index in [1.807, 2.05) is 0 Å². The van der Waals surface area contributed by atoms with Crippen molar-refractivity contribution in [2.75, 3.05) is 6.54 Å². The fourth-order valence-electron chi connectivity index (χ4n) is 3.61. The molecule has 0 aliphatic carbocycles. The van der Waals surface area contributed by atoms with Gasteiger partial charge in [0.25, 0.3) is 5.91 Å². The van der Waals surface area contributed by atoms with Crippen LogP contribution in [0.25, 0.3) is 0 Å². The highest BCUT2D eigenvalue weighted by Gasteiger charge is 2.37. The van der Waals surface area contributed by atoms with E-state index in [1.165, 1.54) is 18.7 Å². The van der Waals surface area contributed by atoms with Gasteiger partial charge in [0.1, 0.15) is 12.1 Å². The summed E-state index contributed by atoms with van der Waals surface area (Å²) in [4.78, 5) is 73.1. The van der Waals surface area contributed by atoms with Crippen LogP contribution < -0.4 is 16.4 Å². The van der Waals surface area contributed by atoms with E-state index in [9.17, 15) is 28.8 Å². The van der Waals surface area contributed by atoms with Crippen molar-refractivity contribution in [3.05, 3.63) is 0 Å². The van der Waals surface area contributed by atoms with E-state index in [-0.39, 0.29) is 31.0 Å². The van der Waals surface area contributed by atoms with Gasteiger partial charge in [-0.2, -0.15) is 0 Å². The van der Waals surface area contributed by atoms with Gasteiger partial charge in [-0.25, -0.2) is 4.79 Å². The summed E-state index contributed by atoms with van der Waals surface area (Å²) in [5, 5.41) is 4.95. The average molecular weight is 424 g/mol. The van der Waals surface area contributed by atoms with Crippen LogP contribution in [-0.2, 0) is 33.5 Å². The van der Waals surface area contributed by atoms with E-state index in [1.54, 1.807) is 0 Å². The first-order valence-corrected chi connectivity index (χ1v) is 9.99. The fourth-order valence-corrected chi connectivity index (χ4v) is 3.61. The molecule has 4 atom stereocenters. The number of Topliss-reactive ketones (excluding diaryl/α,β-unsaturated/α-hetero) is 1. The van der Waals surface area contributed by atoms with Crippen LogP contribution in [0.15, 0.2) is 0 Å². The molecule has 2 saturated heterocycles. The standard InChI is InChI=1S/C19H28N4O7/c1-10(24)14-4-3-9-23(14)18(28)11(2)30-19(29)13(5-7-15(20)25)22-17(27)12-6-8-16(26)21-12/h11-14H,3-9H2,1-2H3,(H2,20,25)(H,21,26)(H,22,27)/t11-,12?,13-,14?/m0/s1. The molecule has 2 heterocycles. The summed E-state index contributed by atoms with van der Waals surface area (Å²) in [5.41, 5.74) is 5.13. The van der Waals surface area contributed by atoms with Crippen LogP contribution in [0.3, 0.4) is 0 Å². The summed E-state index contributed by atoms with van der Waals surface area (Å²) < 4.78 is 5.24. The minimum Gasteiger partial charge on any atom is -0.451 e. The summed E-state index contributed by atoms with van der Waals surface area (Å²) in [7, 11) is 0. The summed E-state index contributed by atoms with van der Waals surface area (Å²) in [5.74, 6) is -3.04. The number of likely N-dealkylation sites (tertiary alicyclic amines) is 1. The van der Waals surface area contributed by atoms with Crippen molar-refractivity contribution in [2.45, 2.75) is 76.6 Å². The molecule has 4 amide bonds. The zero-order chi connectivity index (χ0) is 22.4. The van der Waals surface area contributed by atoms with Crippen LogP contribution in [0.4, 0.5) is 0 Å². The van der Waals surface area contributed by atoms with E-state index in [4.69, 9.17) is 10.5 Å². The van der Waals surface area contributed by atoms with Crippen molar-refractivity contribution in [1.29, 1.82) is 0 Å². The zero-order valence-corrected chi connectivity index (χ0v) is 17.1. The summed E-state index contributed by atoms with van der Waals surface area (Å²) in [6, 6.07) is -2.52. The summed E-state index contributed by atoms with van der Waals surface area (Å²) in [6.45, 7) is 3.19. The molecule has 0 aromatic heterocycles. The third-order valence-corrected chi connectivity index (χ3v) is 5.24. The molecule has 2 aliphatic heterocycles. The van der Waals surface area contributed by atoms with Crippen LogP contribution in [0.2, 0.25) is 0 Å². The van der Waals surface area contributed by atoms with E-state index in [2.05, 4.69) is 10.6 Å². The number of hydrogen-bond acceptors (Lipinski definition) is 7. The normalized spacial score (nSPS) is 22.7. The van der Waals surface area contributed by atoms with Gasteiger partial charge >= 0.3 is 5.97 Å². The largest absolute Gasteiger partial charge is 0.451 e. The van der Waals surface area contributed by atoms with Crippen molar-refractivity contribution in [3.8, 4) is 0 Å². The Labute approximate surface area is 174 Å². The first-order valence-electron chi connectivity index (χ1n) is 9.99. The Morgan fingerprint density at radius 1 is 1.27 bits per heavy atom. The molecule has 0 radical (unpaired) electrons. The number of nitrogens with two attached hydrogens (primary N) is 1. The molecule has 2 aliphatic rings. The van der Waals surface area contributed by atoms with E-state index < -0.39 is 47.9 Å². The predicted octanol–water partition coefficient (Wildman–Crippen LogP) is -1.47. The molecule has 0 saturated carbocycles. The number of nitrogens with zero attached hydrogens (tertiary/aromatic N) is 1. The van der Waals surface area contributed by atoms with Crippen LogP contribution in [0.5, 0.6) is 0 Å². The van der Waals surface area contributed by atoms with Crippen molar-refractivity contribution in [3.63, 3.8) is 0 Å². The third kappa shape index (κ3) is 6.01. The molecule has 0 aromatic carbocycles. The van der Waals surface area contributed by atoms with E-state index in [0.717, 1.165) is 0 Å². The topological polar surface area (TPSA) is 165 Å². The molecule has 11 heteroatoms. The van der Waals surface area contributed by atoms with Gasteiger partial charge in [-0.3, -0.25) is 24.0 Å². The molecule has 4 N–H and O–H groups in total. The molecule has 2 unspecified atom stereocenters. The van der Waals surface area contributed by atoms with Crippen LogP contribution >= 0.6 is 0 Å². The number of carbonyl (C=O) groups is 6. The average Bonchev–Trinajstić information content (AvgIpc) is 3.33. The molecule has 2 rings (SSSR count). The van der Waals surface area contributed by atoms with Crippen molar-refractivity contribution < 1.29 is 33.5 Å². The van der Waals surface area contributed by atoms with Gasteiger partial charge in [-0.15, -0.1) is 0 Å². The number of ether oxygens (including phenoxy) is 1. The van der Waals surface area contributed by atoms with Crippen LogP contribution in [0.1, 0.15) is 52.4 Å². The van der Waals surface area contributed by atoms with Crippen molar-refractivity contribution in [1.82, 2.24) is 15.5 Å². The van der Waals surface area contributed by atoms with E-state index >= 15 is 0 Å². The summed E-state index contributed by atoms with van der Waals surface area (Å²) >= 11 is 0. The predicted molar refractivity (Wildman–Crippen MR) is 102 cm³/mol. The maximum atomic E-state index is 12.6. The second-order valence-corrected chi connectivity index (χ2v) is 7.60. The van der Waals surface area contributed by atoms with Gasteiger partial charge in [-0.05, 0) is 39.5 Å². The lowest BCUT2D eigenvalue weighted by molar-refractivity contribution is -0.162. The Morgan fingerprint density at radius 3 is 2.53 bits per heavy atom. The minimum atomic E-state index is -1.21. The molecule has 2 fully saturated rings. The molecule has 30 heavy (non-hydrogen) atoms. The number of ketones is 1. The van der Waals surface area contributed by atoms with Gasteiger partial charge in [0.05, 0.1) is 6.04 Å². The van der Waals surface area contributed by atoms with Crippen molar-refractivity contribution in [2.24, 2.45) is 5.73 Å². The maximum absolute atomic E-state index is 12.6. The fraction of sp³-hybridized carbons (Fsp3) is 0.684. The third-order valence-electron chi connectivity index (χ3n) is 5.24. The summed E-state index contributed by atoms with van der Waals surface area (Å²) in [6.07, 6.45) is 0.273. The number of nitrogens with one attached hydrogen (secondary N) is 2. The molecule has 0 spiro atoms. The van der Waals surface area contributed by atoms with Gasteiger partial charge < -0.3 is 26.0 Å². The van der Waals surface area contributed by atoms with Crippen molar-refractivity contribution >= 4 is 35.4 Å². The zero-order valence-electron chi connectivity index (χ0n) is 17.1. The Hall–Kier alpha value is -2.98. The second-order valence-electron chi connectivity index (χ2n) is 7.60. The van der Waals surface area contributed by atoms with Gasteiger partial charge in [0.15, 0.2) is 11.9 Å². The number of hydrogen-bond donors (Lipinski definition) is 3. The SMILES string of the molecule is CC(=O)C1CCCN1C(=O)[C@H](C)OC(=O)[C@H](CCC(N)=O)NC(=O)C1CCC(=O)N1. The lowest BCUT2D eigenvalue weighted by atomic mass is 10.1. The molecule has 0 bridgehead atoms. The first kappa shape index (κ1) is 23.3. The quantitative estimate of drug-likeness (QED) is 0.380. The Balaban J connectivity index is 2.00. The monoisotopic (exact) mass is 424 g/mol. The van der Waals surface area contributed by atoms with Gasteiger partial charge in [0.2, 0.25) is 17.7 Å². The van der Waals surface area contributed by atoms with Crippen LogP contribution in [0, 0.1) is 0 Å². The van der Waals surface area contributed by atoms with E-state index in [0.29, 0.717) is 25.8 Å². The lowest BCUT2D eigenvalue weighted by Crippen LogP contribution is -2.51. The Kier molecular flexibility index (Phi) is 7.90. The highest BCUT2D eigenvalue weighted by molar-refractivity contribution is 5.94. The maximum Gasteiger partial charge on any atom is 0.329 e. The minimum absolute atomic E-state index is 0.110. The number of rotatable bonds is 9. The molecular formula is C19H28N4O7. The molecular weight excluding hydrogens is 396 g/mol. The Bertz CT molecular complexity index is 738. The highest BCUT2D eigenvalue weighted by Crippen LogP contribution is 2.20. The van der Waals surface area contributed by atoms with Gasteiger partial charge in [0, 0.05) is 19.4 Å². The number of carbonyl (C=O) groups excluding carboxylic acids is 6. The highest BCUT2D eigenvalue weighted by atomic mass is 16.5. The molecule has 0 aromatic rings. The first-order chi connectivity index (χ1) is 14.1. The lowest BCUT2D eigenvalue weighted by Gasteiger charge is -2.27. The number of primary amides is 1. The van der Waals surface area contributed by atoms with Gasteiger partial charge in [-0.1, -0.05) is 0 Å². The second kappa shape index (κ2) is 10.2. The number of amides is 4. The molecule has 11 nitrogen and oxygen atoms in total. The molecule has 166 valence electrons. The van der Waals surface area contributed by atoms with Crippen LogP contribution in [-0.4, -0.2) is 71.1 Å². The number of esters is 1. The smallest absolute Gasteiger partial charge is 0.329 e.